The smallest absolute Gasteiger partial charge is 0.338 e. The van der Waals surface area contributed by atoms with Crippen molar-refractivity contribution < 1.29 is 14.3 Å². The van der Waals surface area contributed by atoms with Crippen molar-refractivity contribution in [3.8, 4) is 11.4 Å². The number of carbonyl (C=O) groups excluding carboxylic acids is 2. The lowest BCUT2D eigenvalue weighted by molar-refractivity contribution is 0.0526. The molecule has 3 aromatic rings. The summed E-state index contributed by atoms with van der Waals surface area (Å²) in [4.78, 5) is 28.7. The molecule has 27 heavy (non-hydrogen) atoms. The molecule has 7 nitrogen and oxygen atoms in total. The summed E-state index contributed by atoms with van der Waals surface area (Å²) in [6.07, 6.45) is 0.744. The minimum atomic E-state index is -0.411. The number of H-pyrrole nitrogens is 1. The summed E-state index contributed by atoms with van der Waals surface area (Å²) in [7, 11) is 0. The second kappa shape index (κ2) is 8.27. The average molecular weight is 364 g/mol. The lowest BCUT2D eigenvalue weighted by Gasteiger charge is -2.09. The molecule has 2 aromatic carbocycles. The number of aromatic nitrogens is 3. The molecule has 1 heterocycles. The second-order valence-corrected chi connectivity index (χ2v) is 5.76. The Morgan fingerprint density at radius 3 is 2.41 bits per heavy atom. The summed E-state index contributed by atoms with van der Waals surface area (Å²) in [5.74, 6) is 0.608. The third-order valence-electron chi connectivity index (χ3n) is 3.94. The van der Waals surface area contributed by atoms with Crippen LogP contribution in [0.1, 0.15) is 40.4 Å². The van der Waals surface area contributed by atoms with E-state index in [4.69, 9.17) is 4.74 Å². The van der Waals surface area contributed by atoms with Crippen molar-refractivity contribution in [1.82, 2.24) is 15.2 Å². The fraction of sp³-hybridized carbons (Fsp3) is 0.200. The first kappa shape index (κ1) is 18.3. The summed E-state index contributed by atoms with van der Waals surface area (Å²) in [5, 5.41) is 9.96. The molecule has 7 heteroatoms. The summed E-state index contributed by atoms with van der Waals surface area (Å²) in [6.45, 7) is 4.03. The molecule has 0 atom stereocenters. The number of nitrogens with zero attached hydrogens (tertiary/aromatic N) is 2. The van der Waals surface area contributed by atoms with Gasteiger partial charge in [-0.15, -0.1) is 0 Å². The van der Waals surface area contributed by atoms with E-state index >= 15 is 0 Å². The maximum atomic E-state index is 12.6. The molecule has 0 radical (unpaired) electrons. The number of anilines is 1. The molecule has 0 unspecified atom stereocenters. The Labute approximate surface area is 156 Å². The molecule has 0 saturated heterocycles. The quantitative estimate of drug-likeness (QED) is 0.653. The van der Waals surface area contributed by atoms with E-state index in [2.05, 4.69) is 20.5 Å². The summed E-state index contributed by atoms with van der Waals surface area (Å²) in [5.41, 5.74) is 2.17. The molecule has 1 aromatic heterocycles. The van der Waals surface area contributed by atoms with Gasteiger partial charge < -0.3 is 10.1 Å². The topological polar surface area (TPSA) is 97.0 Å². The van der Waals surface area contributed by atoms with Crippen LogP contribution in [0.2, 0.25) is 0 Å². The van der Waals surface area contributed by atoms with Gasteiger partial charge in [-0.3, -0.25) is 9.89 Å². The monoisotopic (exact) mass is 364 g/mol. The zero-order valence-corrected chi connectivity index (χ0v) is 15.2. The Hall–Kier alpha value is -3.48. The van der Waals surface area contributed by atoms with E-state index in [0.29, 0.717) is 29.2 Å². The summed E-state index contributed by atoms with van der Waals surface area (Å²) in [6, 6.07) is 13.7. The van der Waals surface area contributed by atoms with Gasteiger partial charge in [-0.2, -0.15) is 5.10 Å². The van der Waals surface area contributed by atoms with Gasteiger partial charge in [0.1, 0.15) is 5.82 Å². The third kappa shape index (κ3) is 4.20. The Morgan fingerprint density at radius 1 is 1.04 bits per heavy atom. The van der Waals surface area contributed by atoms with Gasteiger partial charge in [-0.25, -0.2) is 9.78 Å². The molecule has 3 rings (SSSR count). The van der Waals surface area contributed by atoms with Crippen molar-refractivity contribution in [3.63, 3.8) is 0 Å². The number of ether oxygens (including phenoxy) is 1. The second-order valence-electron chi connectivity index (χ2n) is 5.76. The highest BCUT2D eigenvalue weighted by molar-refractivity contribution is 6.06. The fourth-order valence-corrected chi connectivity index (χ4v) is 2.53. The molecular formula is C20H20N4O3. The van der Waals surface area contributed by atoms with Crippen LogP contribution in [0.15, 0.2) is 48.5 Å². The molecule has 0 aliphatic rings. The van der Waals surface area contributed by atoms with Gasteiger partial charge >= 0.3 is 5.97 Å². The van der Waals surface area contributed by atoms with E-state index in [1.54, 1.807) is 37.3 Å². The minimum Gasteiger partial charge on any atom is -0.462 e. The van der Waals surface area contributed by atoms with Crippen LogP contribution in [0.5, 0.6) is 0 Å². The standard InChI is InChI=1S/C20H20N4O3/c1-3-17-22-18(24-23-17)15-7-5-6-8-16(15)21-19(25)13-9-11-14(12-10-13)20(26)27-4-2/h5-12H,3-4H2,1-2H3,(H,21,25)(H,22,23,24). The zero-order valence-electron chi connectivity index (χ0n) is 15.2. The molecule has 0 spiro atoms. The maximum absolute atomic E-state index is 12.6. The highest BCUT2D eigenvalue weighted by Gasteiger charge is 2.14. The van der Waals surface area contributed by atoms with Crippen LogP contribution in [-0.4, -0.2) is 33.7 Å². The number of aromatic amines is 1. The average Bonchev–Trinajstić information content (AvgIpc) is 3.18. The molecule has 0 fully saturated rings. The molecule has 138 valence electrons. The van der Waals surface area contributed by atoms with E-state index in [1.165, 1.54) is 0 Å². The number of para-hydroxylation sites is 1. The molecule has 2 N–H and O–H groups in total. The molecule has 0 bridgehead atoms. The maximum Gasteiger partial charge on any atom is 0.338 e. The Kier molecular flexibility index (Phi) is 5.61. The molecule has 0 aliphatic carbocycles. The van der Waals surface area contributed by atoms with E-state index < -0.39 is 5.97 Å². The number of rotatable bonds is 6. The number of amides is 1. The number of aryl methyl sites for hydroxylation is 1. The van der Waals surface area contributed by atoms with Crippen LogP contribution < -0.4 is 5.32 Å². The highest BCUT2D eigenvalue weighted by atomic mass is 16.5. The van der Waals surface area contributed by atoms with Crippen LogP contribution in [0.25, 0.3) is 11.4 Å². The van der Waals surface area contributed by atoms with Gasteiger partial charge in [0.05, 0.1) is 17.9 Å². The Balaban J connectivity index is 1.79. The first-order valence-corrected chi connectivity index (χ1v) is 8.71. The first-order valence-electron chi connectivity index (χ1n) is 8.71. The van der Waals surface area contributed by atoms with Gasteiger partial charge in [0.15, 0.2) is 5.82 Å². The van der Waals surface area contributed by atoms with Gasteiger partial charge in [0.2, 0.25) is 0 Å². The van der Waals surface area contributed by atoms with Crippen molar-refractivity contribution in [2.75, 3.05) is 11.9 Å². The normalized spacial score (nSPS) is 10.4. The van der Waals surface area contributed by atoms with E-state index in [9.17, 15) is 9.59 Å². The van der Waals surface area contributed by atoms with Gasteiger partial charge in [-0.05, 0) is 43.3 Å². The number of carbonyl (C=O) groups is 2. The number of hydrogen-bond donors (Lipinski definition) is 2. The van der Waals surface area contributed by atoms with Crippen molar-refractivity contribution in [1.29, 1.82) is 0 Å². The van der Waals surface area contributed by atoms with Gasteiger partial charge in [0, 0.05) is 17.5 Å². The first-order chi connectivity index (χ1) is 13.1. The SMILES string of the molecule is CCOC(=O)c1ccc(C(=O)Nc2ccccc2-c2n[nH]c(CC)n2)cc1. The van der Waals surface area contributed by atoms with Crippen molar-refractivity contribution in [2.45, 2.75) is 20.3 Å². The minimum absolute atomic E-state index is 0.288. The number of hydrogen-bond acceptors (Lipinski definition) is 5. The van der Waals surface area contributed by atoms with Crippen molar-refractivity contribution in [3.05, 3.63) is 65.5 Å². The lowest BCUT2D eigenvalue weighted by Crippen LogP contribution is -2.13. The molecule has 1 amide bonds. The number of benzene rings is 2. The third-order valence-corrected chi connectivity index (χ3v) is 3.94. The predicted molar refractivity (Wildman–Crippen MR) is 102 cm³/mol. The lowest BCUT2D eigenvalue weighted by atomic mass is 10.1. The van der Waals surface area contributed by atoms with Crippen molar-refractivity contribution >= 4 is 17.6 Å². The molecule has 0 saturated carbocycles. The van der Waals surface area contributed by atoms with E-state index in [1.807, 2.05) is 25.1 Å². The van der Waals surface area contributed by atoms with Crippen LogP contribution in [0.4, 0.5) is 5.69 Å². The van der Waals surface area contributed by atoms with Crippen molar-refractivity contribution in [2.24, 2.45) is 0 Å². The van der Waals surface area contributed by atoms with Gasteiger partial charge in [0.25, 0.3) is 5.91 Å². The van der Waals surface area contributed by atoms with Crippen LogP contribution >= 0.6 is 0 Å². The molecular weight excluding hydrogens is 344 g/mol. The van der Waals surface area contributed by atoms with Crippen LogP contribution in [0, 0.1) is 0 Å². The van der Waals surface area contributed by atoms with Crippen LogP contribution in [0.3, 0.4) is 0 Å². The summed E-state index contributed by atoms with van der Waals surface area (Å²) < 4.78 is 4.94. The predicted octanol–water partition coefficient (Wildman–Crippen LogP) is 3.46. The van der Waals surface area contributed by atoms with Crippen LogP contribution in [-0.2, 0) is 11.2 Å². The largest absolute Gasteiger partial charge is 0.462 e. The van der Waals surface area contributed by atoms with Gasteiger partial charge in [-0.1, -0.05) is 19.1 Å². The fourth-order valence-electron chi connectivity index (χ4n) is 2.53. The highest BCUT2D eigenvalue weighted by Crippen LogP contribution is 2.25. The van der Waals surface area contributed by atoms with E-state index in [-0.39, 0.29) is 5.91 Å². The Bertz CT molecular complexity index is 948. The zero-order chi connectivity index (χ0) is 19.2. The number of esters is 1. The Morgan fingerprint density at radius 2 is 1.74 bits per heavy atom. The molecule has 0 aliphatic heterocycles. The van der Waals surface area contributed by atoms with E-state index in [0.717, 1.165) is 17.8 Å². The summed E-state index contributed by atoms with van der Waals surface area (Å²) >= 11 is 0. The number of nitrogens with one attached hydrogen (secondary N) is 2.